The van der Waals surface area contributed by atoms with E-state index < -0.39 is 0 Å². The van der Waals surface area contributed by atoms with Crippen LogP contribution in [0.1, 0.15) is 29.7 Å². The van der Waals surface area contributed by atoms with Crippen LogP contribution in [-0.2, 0) is 21.4 Å². The number of ether oxygens (including phenoxy) is 1. The van der Waals surface area contributed by atoms with Gasteiger partial charge >= 0.3 is 0 Å². The van der Waals surface area contributed by atoms with Crippen molar-refractivity contribution >= 4 is 21.8 Å². The van der Waals surface area contributed by atoms with Crippen molar-refractivity contribution in [3.63, 3.8) is 0 Å². The SMILES string of the molecule is Cc1nc(-c2cccnc2)[nH]c(=O)c1CC(=O)NCC1(c2cccc(Br)c2)CCOCC1. The van der Waals surface area contributed by atoms with E-state index in [1.807, 2.05) is 18.2 Å². The Kier molecular flexibility index (Phi) is 6.81. The fraction of sp³-hybridized carbons (Fsp3) is 0.333. The van der Waals surface area contributed by atoms with Gasteiger partial charge in [0.1, 0.15) is 5.82 Å². The second-order valence-electron chi connectivity index (χ2n) is 8.08. The van der Waals surface area contributed by atoms with Crippen LogP contribution in [0.4, 0.5) is 0 Å². The summed E-state index contributed by atoms with van der Waals surface area (Å²) in [5, 5.41) is 3.06. The first-order chi connectivity index (χ1) is 15.5. The lowest BCUT2D eigenvalue weighted by molar-refractivity contribution is -0.121. The number of nitrogens with one attached hydrogen (secondary N) is 2. The molecule has 4 rings (SSSR count). The van der Waals surface area contributed by atoms with Crippen LogP contribution >= 0.6 is 15.9 Å². The zero-order valence-corrected chi connectivity index (χ0v) is 19.4. The fourth-order valence-corrected chi connectivity index (χ4v) is 4.50. The molecule has 0 radical (unpaired) electrons. The molecule has 2 N–H and O–H groups in total. The number of aromatic amines is 1. The molecule has 1 aromatic carbocycles. The maximum atomic E-state index is 12.8. The maximum Gasteiger partial charge on any atom is 0.255 e. The fourth-order valence-electron chi connectivity index (χ4n) is 4.10. The van der Waals surface area contributed by atoms with Gasteiger partial charge < -0.3 is 15.0 Å². The summed E-state index contributed by atoms with van der Waals surface area (Å²) in [6, 6.07) is 11.8. The number of aromatic nitrogens is 3. The van der Waals surface area contributed by atoms with Crippen molar-refractivity contribution in [2.75, 3.05) is 19.8 Å². The zero-order valence-electron chi connectivity index (χ0n) is 17.9. The Balaban J connectivity index is 1.49. The average Bonchev–Trinajstić information content (AvgIpc) is 2.81. The molecule has 0 atom stereocenters. The van der Waals surface area contributed by atoms with Crippen LogP contribution in [0, 0.1) is 6.92 Å². The smallest absolute Gasteiger partial charge is 0.255 e. The van der Waals surface area contributed by atoms with Crippen LogP contribution in [0.2, 0.25) is 0 Å². The Hall–Kier alpha value is -2.84. The Morgan fingerprint density at radius 2 is 2.06 bits per heavy atom. The first-order valence-corrected chi connectivity index (χ1v) is 11.4. The molecule has 1 fully saturated rings. The highest BCUT2D eigenvalue weighted by atomic mass is 79.9. The molecule has 0 aliphatic carbocycles. The van der Waals surface area contributed by atoms with E-state index in [2.05, 4.69) is 48.3 Å². The Bertz CT molecular complexity index is 1160. The number of nitrogens with zero attached hydrogens (tertiary/aromatic N) is 2. The highest BCUT2D eigenvalue weighted by Crippen LogP contribution is 2.35. The highest BCUT2D eigenvalue weighted by molar-refractivity contribution is 9.10. The van der Waals surface area contributed by atoms with Gasteiger partial charge in [0.2, 0.25) is 5.91 Å². The first kappa shape index (κ1) is 22.4. The number of hydrogen-bond donors (Lipinski definition) is 2. The predicted molar refractivity (Wildman–Crippen MR) is 125 cm³/mol. The third kappa shape index (κ3) is 4.97. The van der Waals surface area contributed by atoms with Gasteiger partial charge in [0.25, 0.3) is 5.56 Å². The van der Waals surface area contributed by atoms with E-state index in [-0.39, 0.29) is 23.3 Å². The Morgan fingerprint density at radius 1 is 1.25 bits per heavy atom. The van der Waals surface area contributed by atoms with Crippen molar-refractivity contribution in [2.24, 2.45) is 0 Å². The van der Waals surface area contributed by atoms with Crippen molar-refractivity contribution in [1.82, 2.24) is 20.3 Å². The number of carbonyl (C=O) groups excluding carboxylic acids is 1. The van der Waals surface area contributed by atoms with Gasteiger partial charge in [-0.2, -0.15) is 0 Å². The molecule has 7 nitrogen and oxygen atoms in total. The molecule has 32 heavy (non-hydrogen) atoms. The molecule has 2 aromatic heterocycles. The summed E-state index contributed by atoms with van der Waals surface area (Å²) in [5.74, 6) is 0.246. The lowest BCUT2D eigenvalue weighted by Crippen LogP contribution is -2.45. The summed E-state index contributed by atoms with van der Waals surface area (Å²) >= 11 is 3.55. The number of hydrogen-bond acceptors (Lipinski definition) is 5. The Morgan fingerprint density at radius 3 is 2.75 bits per heavy atom. The van der Waals surface area contributed by atoms with Crippen molar-refractivity contribution in [3.8, 4) is 11.4 Å². The number of H-pyrrole nitrogens is 1. The largest absolute Gasteiger partial charge is 0.381 e. The number of amides is 1. The Labute approximate surface area is 194 Å². The van der Waals surface area contributed by atoms with Gasteiger partial charge in [0.05, 0.1) is 6.42 Å². The normalized spacial score (nSPS) is 15.3. The number of pyridine rings is 1. The van der Waals surface area contributed by atoms with E-state index >= 15 is 0 Å². The lowest BCUT2D eigenvalue weighted by atomic mass is 9.74. The summed E-state index contributed by atoms with van der Waals surface area (Å²) in [7, 11) is 0. The number of halogens is 1. The van der Waals surface area contributed by atoms with E-state index in [1.165, 1.54) is 5.56 Å². The molecule has 0 bridgehead atoms. The molecule has 1 aliphatic heterocycles. The van der Waals surface area contributed by atoms with Gasteiger partial charge in [-0.3, -0.25) is 14.6 Å². The number of rotatable bonds is 6. The van der Waals surface area contributed by atoms with Crippen LogP contribution in [0.15, 0.2) is 58.1 Å². The van der Waals surface area contributed by atoms with Crippen LogP contribution < -0.4 is 10.9 Å². The minimum Gasteiger partial charge on any atom is -0.381 e. The lowest BCUT2D eigenvalue weighted by Gasteiger charge is -2.38. The minimum atomic E-state index is -0.306. The molecule has 1 saturated heterocycles. The molecular weight excluding hydrogens is 472 g/mol. The summed E-state index contributed by atoms with van der Waals surface area (Å²) < 4.78 is 6.58. The summed E-state index contributed by atoms with van der Waals surface area (Å²) in [6.07, 6.45) is 4.92. The monoisotopic (exact) mass is 496 g/mol. The molecule has 1 aliphatic rings. The molecule has 3 heterocycles. The van der Waals surface area contributed by atoms with E-state index in [0.29, 0.717) is 36.8 Å². The minimum absolute atomic E-state index is 0.0213. The predicted octanol–water partition coefficient (Wildman–Crippen LogP) is 3.31. The highest BCUT2D eigenvalue weighted by Gasteiger charge is 2.35. The topological polar surface area (TPSA) is 97.0 Å². The van der Waals surface area contributed by atoms with Gasteiger partial charge in [-0.05, 0) is 49.6 Å². The molecule has 0 saturated carbocycles. The van der Waals surface area contributed by atoms with E-state index in [9.17, 15) is 9.59 Å². The molecule has 166 valence electrons. The molecule has 0 spiro atoms. The molecular formula is C24H25BrN4O3. The van der Waals surface area contributed by atoms with Crippen molar-refractivity contribution in [1.29, 1.82) is 0 Å². The second kappa shape index (κ2) is 9.75. The van der Waals surface area contributed by atoms with E-state index in [4.69, 9.17) is 4.74 Å². The zero-order chi connectivity index (χ0) is 22.6. The van der Waals surface area contributed by atoms with Crippen molar-refractivity contribution in [2.45, 2.75) is 31.6 Å². The quantitative estimate of drug-likeness (QED) is 0.545. The number of aryl methyl sites for hydroxylation is 1. The van der Waals surface area contributed by atoms with Crippen molar-refractivity contribution in [3.05, 3.63) is 80.4 Å². The number of benzene rings is 1. The first-order valence-electron chi connectivity index (χ1n) is 10.6. The summed E-state index contributed by atoms with van der Waals surface area (Å²) in [4.78, 5) is 36.8. The van der Waals surface area contributed by atoms with Crippen LogP contribution in [0.25, 0.3) is 11.4 Å². The van der Waals surface area contributed by atoms with Crippen LogP contribution in [0.3, 0.4) is 0 Å². The number of carbonyl (C=O) groups is 1. The van der Waals surface area contributed by atoms with Crippen LogP contribution in [-0.4, -0.2) is 40.6 Å². The van der Waals surface area contributed by atoms with E-state index in [1.54, 1.807) is 25.4 Å². The molecule has 3 aromatic rings. The third-order valence-electron chi connectivity index (χ3n) is 6.01. The van der Waals surface area contributed by atoms with Gasteiger partial charge in [-0.25, -0.2) is 4.98 Å². The summed E-state index contributed by atoms with van der Waals surface area (Å²) in [6.45, 7) is 3.55. The van der Waals surface area contributed by atoms with Crippen LogP contribution in [0.5, 0.6) is 0 Å². The average molecular weight is 497 g/mol. The van der Waals surface area contributed by atoms with Gasteiger partial charge in [-0.1, -0.05) is 28.1 Å². The molecule has 1 amide bonds. The van der Waals surface area contributed by atoms with E-state index in [0.717, 1.165) is 22.9 Å². The standard InChI is InChI=1S/C24H25BrN4O3/c1-16-20(23(31)29-22(28-16)17-4-3-9-26-14-17)13-21(30)27-15-24(7-10-32-11-8-24)18-5-2-6-19(25)12-18/h2-6,9,12,14H,7-8,10-11,13,15H2,1H3,(H,27,30)(H,28,29,31). The third-order valence-corrected chi connectivity index (χ3v) is 6.50. The summed E-state index contributed by atoms with van der Waals surface area (Å²) in [5.41, 5.74) is 2.31. The second-order valence-corrected chi connectivity index (χ2v) is 8.99. The molecule has 0 unspecified atom stereocenters. The maximum absolute atomic E-state index is 12.8. The van der Waals surface area contributed by atoms with Gasteiger partial charge in [0.15, 0.2) is 0 Å². The molecule has 8 heteroatoms. The van der Waals surface area contributed by atoms with Crippen molar-refractivity contribution < 1.29 is 9.53 Å². The van der Waals surface area contributed by atoms with Gasteiger partial charge in [0, 0.05) is 58.9 Å². The van der Waals surface area contributed by atoms with Gasteiger partial charge in [-0.15, -0.1) is 0 Å².